The summed E-state index contributed by atoms with van der Waals surface area (Å²) in [7, 11) is 0. The van der Waals surface area contributed by atoms with Crippen molar-refractivity contribution in [1.29, 1.82) is 0 Å². The van der Waals surface area contributed by atoms with Crippen LogP contribution in [0.1, 0.15) is 46.0 Å². The van der Waals surface area contributed by atoms with Crippen molar-refractivity contribution in [3.05, 3.63) is 0 Å². The van der Waals surface area contributed by atoms with Gasteiger partial charge in [0.15, 0.2) is 0 Å². The number of hydrogen-bond donors (Lipinski definition) is 1. The first-order valence-electron chi connectivity index (χ1n) is 5.55. The SMILES string of the molecule is CC(C)C[C@H](N)C(=O)OC1CCCC1.Cl. The van der Waals surface area contributed by atoms with E-state index in [1.807, 2.05) is 0 Å². The molecule has 0 heterocycles. The van der Waals surface area contributed by atoms with Crippen molar-refractivity contribution in [2.45, 2.75) is 58.1 Å². The highest BCUT2D eigenvalue weighted by Crippen LogP contribution is 2.21. The van der Waals surface area contributed by atoms with E-state index in [1.165, 1.54) is 12.8 Å². The molecule has 0 amide bonds. The van der Waals surface area contributed by atoms with E-state index < -0.39 is 6.04 Å². The first-order valence-corrected chi connectivity index (χ1v) is 5.55. The molecular weight excluding hydrogens is 214 g/mol. The van der Waals surface area contributed by atoms with Crippen LogP contribution in [0.3, 0.4) is 0 Å². The Morgan fingerprint density at radius 1 is 1.40 bits per heavy atom. The minimum absolute atomic E-state index is 0. The maximum absolute atomic E-state index is 11.5. The number of carbonyl (C=O) groups excluding carboxylic acids is 1. The first kappa shape index (κ1) is 14.7. The van der Waals surface area contributed by atoms with Gasteiger partial charge in [0.1, 0.15) is 12.1 Å². The van der Waals surface area contributed by atoms with Crippen LogP contribution in [0.2, 0.25) is 0 Å². The third-order valence-electron chi connectivity index (χ3n) is 2.61. The topological polar surface area (TPSA) is 52.3 Å². The molecule has 1 aliphatic rings. The third kappa shape index (κ3) is 5.38. The van der Waals surface area contributed by atoms with Crippen LogP contribution in [-0.2, 0) is 9.53 Å². The highest BCUT2D eigenvalue weighted by Gasteiger charge is 2.23. The van der Waals surface area contributed by atoms with E-state index in [0.29, 0.717) is 12.3 Å². The molecule has 90 valence electrons. The summed E-state index contributed by atoms with van der Waals surface area (Å²) < 4.78 is 5.31. The lowest BCUT2D eigenvalue weighted by molar-refractivity contribution is -0.150. The Morgan fingerprint density at radius 3 is 2.40 bits per heavy atom. The van der Waals surface area contributed by atoms with Crippen LogP contribution >= 0.6 is 12.4 Å². The predicted molar refractivity (Wildman–Crippen MR) is 63.0 cm³/mol. The third-order valence-corrected chi connectivity index (χ3v) is 2.61. The molecule has 1 rings (SSSR count). The summed E-state index contributed by atoms with van der Waals surface area (Å²) >= 11 is 0. The Bertz CT molecular complexity index is 191. The monoisotopic (exact) mass is 235 g/mol. The molecule has 1 aliphatic carbocycles. The van der Waals surface area contributed by atoms with Crippen molar-refractivity contribution in [1.82, 2.24) is 0 Å². The summed E-state index contributed by atoms with van der Waals surface area (Å²) in [6, 6.07) is -0.435. The zero-order valence-electron chi connectivity index (χ0n) is 9.57. The van der Waals surface area contributed by atoms with Crippen LogP contribution in [0.25, 0.3) is 0 Å². The average Bonchev–Trinajstić information content (AvgIpc) is 2.55. The lowest BCUT2D eigenvalue weighted by Gasteiger charge is -2.16. The molecule has 0 radical (unpaired) electrons. The Labute approximate surface area is 98.2 Å². The minimum Gasteiger partial charge on any atom is -0.461 e. The van der Waals surface area contributed by atoms with E-state index in [0.717, 1.165) is 12.8 Å². The standard InChI is InChI=1S/C11H21NO2.ClH/c1-8(2)7-10(12)11(13)14-9-5-3-4-6-9;/h8-10H,3-7,12H2,1-2H3;1H/t10-;/m0./s1. The van der Waals surface area contributed by atoms with Gasteiger partial charge in [-0.2, -0.15) is 0 Å². The van der Waals surface area contributed by atoms with Gasteiger partial charge in [-0.15, -0.1) is 12.4 Å². The van der Waals surface area contributed by atoms with Gasteiger partial charge in [-0.1, -0.05) is 13.8 Å². The lowest BCUT2D eigenvalue weighted by atomic mass is 10.0. The molecule has 4 heteroatoms. The number of halogens is 1. The number of rotatable bonds is 4. The van der Waals surface area contributed by atoms with E-state index in [-0.39, 0.29) is 24.5 Å². The van der Waals surface area contributed by atoms with E-state index >= 15 is 0 Å². The van der Waals surface area contributed by atoms with Gasteiger partial charge >= 0.3 is 5.97 Å². The molecule has 0 bridgehead atoms. The van der Waals surface area contributed by atoms with Crippen molar-refractivity contribution in [3.8, 4) is 0 Å². The second kappa shape index (κ2) is 7.07. The molecule has 0 aromatic heterocycles. The number of hydrogen-bond acceptors (Lipinski definition) is 3. The van der Waals surface area contributed by atoms with E-state index in [9.17, 15) is 4.79 Å². The van der Waals surface area contributed by atoms with Gasteiger partial charge in [0, 0.05) is 0 Å². The minimum atomic E-state index is -0.435. The highest BCUT2D eigenvalue weighted by atomic mass is 35.5. The molecule has 1 fully saturated rings. The van der Waals surface area contributed by atoms with Gasteiger partial charge < -0.3 is 10.5 Å². The lowest BCUT2D eigenvalue weighted by Crippen LogP contribution is -2.35. The quantitative estimate of drug-likeness (QED) is 0.761. The highest BCUT2D eigenvalue weighted by molar-refractivity contribution is 5.85. The van der Waals surface area contributed by atoms with Gasteiger partial charge in [-0.25, -0.2) is 0 Å². The Balaban J connectivity index is 0.00000196. The summed E-state index contributed by atoms with van der Waals surface area (Å²) in [5, 5.41) is 0. The molecule has 0 aromatic rings. The smallest absolute Gasteiger partial charge is 0.323 e. The fraction of sp³-hybridized carbons (Fsp3) is 0.909. The van der Waals surface area contributed by atoms with Crippen LogP contribution < -0.4 is 5.73 Å². The number of carbonyl (C=O) groups is 1. The van der Waals surface area contributed by atoms with Crippen molar-refractivity contribution < 1.29 is 9.53 Å². The van der Waals surface area contributed by atoms with Crippen LogP contribution in [0.15, 0.2) is 0 Å². The molecule has 0 aromatic carbocycles. The number of nitrogens with two attached hydrogens (primary N) is 1. The van der Waals surface area contributed by atoms with E-state index in [2.05, 4.69) is 13.8 Å². The molecule has 1 saturated carbocycles. The van der Waals surface area contributed by atoms with Crippen LogP contribution in [-0.4, -0.2) is 18.1 Å². The Hall–Kier alpha value is -0.280. The molecule has 2 N–H and O–H groups in total. The second-order valence-corrected chi connectivity index (χ2v) is 4.58. The molecule has 0 aliphatic heterocycles. The molecule has 0 unspecified atom stereocenters. The van der Waals surface area contributed by atoms with Crippen molar-refractivity contribution in [2.24, 2.45) is 11.7 Å². The first-order chi connectivity index (χ1) is 6.59. The average molecular weight is 236 g/mol. The summed E-state index contributed by atoms with van der Waals surface area (Å²) in [4.78, 5) is 11.5. The van der Waals surface area contributed by atoms with Crippen LogP contribution in [0, 0.1) is 5.92 Å². The number of ether oxygens (including phenoxy) is 1. The fourth-order valence-corrected chi connectivity index (χ4v) is 1.86. The zero-order valence-corrected chi connectivity index (χ0v) is 10.4. The number of esters is 1. The molecule has 1 atom stereocenters. The largest absolute Gasteiger partial charge is 0.461 e. The molecular formula is C11H22ClNO2. The predicted octanol–water partition coefficient (Wildman–Crippen LogP) is 2.27. The van der Waals surface area contributed by atoms with Gasteiger partial charge in [0.05, 0.1) is 0 Å². The van der Waals surface area contributed by atoms with Gasteiger partial charge in [-0.3, -0.25) is 4.79 Å². The van der Waals surface area contributed by atoms with Crippen molar-refractivity contribution in [3.63, 3.8) is 0 Å². The maximum Gasteiger partial charge on any atom is 0.323 e. The van der Waals surface area contributed by atoms with Crippen LogP contribution in [0.5, 0.6) is 0 Å². The summed E-state index contributed by atoms with van der Waals surface area (Å²) in [6.07, 6.45) is 5.24. The molecule has 15 heavy (non-hydrogen) atoms. The Morgan fingerprint density at radius 2 is 1.93 bits per heavy atom. The maximum atomic E-state index is 11.5. The summed E-state index contributed by atoms with van der Waals surface area (Å²) in [6.45, 7) is 4.12. The van der Waals surface area contributed by atoms with Crippen molar-refractivity contribution >= 4 is 18.4 Å². The molecule has 0 spiro atoms. The molecule has 0 saturated heterocycles. The van der Waals surface area contributed by atoms with E-state index in [4.69, 9.17) is 10.5 Å². The zero-order chi connectivity index (χ0) is 10.6. The normalized spacial score (nSPS) is 18.7. The van der Waals surface area contributed by atoms with Gasteiger partial charge in [0.2, 0.25) is 0 Å². The van der Waals surface area contributed by atoms with Crippen molar-refractivity contribution in [2.75, 3.05) is 0 Å². The van der Waals surface area contributed by atoms with Crippen LogP contribution in [0.4, 0.5) is 0 Å². The second-order valence-electron chi connectivity index (χ2n) is 4.58. The fourth-order valence-electron chi connectivity index (χ4n) is 1.86. The molecule has 3 nitrogen and oxygen atoms in total. The summed E-state index contributed by atoms with van der Waals surface area (Å²) in [5.74, 6) is 0.228. The summed E-state index contributed by atoms with van der Waals surface area (Å²) in [5.41, 5.74) is 5.72. The van der Waals surface area contributed by atoms with Gasteiger partial charge in [0.25, 0.3) is 0 Å². The van der Waals surface area contributed by atoms with E-state index in [1.54, 1.807) is 0 Å². The van der Waals surface area contributed by atoms with Gasteiger partial charge in [-0.05, 0) is 38.0 Å². The Kier molecular flexibility index (Phi) is 6.94.